The van der Waals surface area contributed by atoms with Crippen LogP contribution in [-0.2, 0) is 0 Å². The molecule has 82 valence electrons. The van der Waals surface area contributed by atoms with E-state index >= 15 is 0 Å². The number of hydrogen-bond acceptors (Lipinski definition) is 2. The van der Waals surface area contributed by atoms with Crippen LogP contribution in [0.5, 0.6) is 5.75 Å². The van der Waals surface area contributed by atoms with Gasteiger partial charge in [0.15, 0.2) is 5.78 Å². The van der Waals surface area contributed by atoms with Crippen LogP contribution in [0.15, 0.2) is 18.2 Å². The van der Waals surface area contributed by atoms with Crippen LogP contribution in [-0.4, -0.2) is 11.9 Å². The third kappa shape index (κ3) is 3.35. The maximum Gasteiger partial charge on any atom is 0.162 e. The first-order valence-corrected chi connectivity index (χ1v) is 5.03. The standard InChI is InChI=1S/C12H15FO2/c1-4-12(14)9-5-10(13)7-11(6-9)15-8(2)3/h5-8H,4H2,1-3H3. The Balaban J connectivity index is 2.99. The molecule has 1 aromatic rings. The molecule has 0 heterocycles. The van der Waals surface area contributed by atoms with Crippen molar-refractivity contribution < 1.29 is 13.9 Å². The van der Waals surface area contributed by atoms with E-state index in [4.69, 9.17) is 4.74 Å². The second kappa shape index (κ2) is 4.91. The summed E-state index contributed by atoms with van der Waals surface area (Å²) in [5.41, 5.74) is 0.369. The summed E-state index contributed by atoms with van der Waals surface area (Å²) in [6.07, 6.45) is 0.335. The molecule has 0 unspecified atom stereocenters. The lowest BCUT2D eigenvalue weighted by Crippen LogP contribution is -2.07. The number of benzene rings is 1. The Bertz CT molecular complexity index is 359. The van der Waals surface area contributed by atoms with Crippen molar-refractivity contribution in [1.82, 2.24) is 0 Å². The summed E-state index contributed by atoms with van der Waals surface area (Å²) >= 11 is 0. The Labute approximate surface area is 89.1 Å². The Morgan fingerprint density at radius 2 is 2.07 bits per heavy atom. The summed E-state index contributed by atoms with van der Waals surface area (Å²) in [6.45, 7) is 5.45. The fraction of sp³-hybridized carbons (Fsp3) is 0.417. The second-order valence-electron chi connectivity index (χ2n) is 3.62. The molecule has 0 amide bonds. The van der Waals surface area contributed by atoms with Crippen molar-refractivity contribution in [3.8, 4) is 5.75 Å². The lowest BCUT2D eigenvalue weighted by Gasteiger charge is -2.10. The second-order valence-corrected chi connectivity index (χ2v) is 3.62. The average Bonchev–Trinajstić information content (AvgIpc) is 2.14. The van der Waals surface area contributed by atoms with E-state index in [9.17, 15) is 9.18 Å². The highest BCUT2D eigenvalue weighted by Crippen LogP contribution is 2.18. The maximum atomic E-state index is 13.1. The monoisotopic (exact) mass is 210 g/mol. The summed E-state index contributed by atoms with van der Waals surface area (Å²) < 4.78 is 18.5. The zero-order valence-electron chi connectivity index (χ0n) is 9.21. The molecule has 0 saturated heterocycles. The average molecular weight is 210 g/mol. The highest BCUT2D eigenvalue weighted by molar-refractivity contribution is 5.96. The van der Waals surface area contributed by atoms with E-state index in [1.54, 1.807) is 13.0 Å². The Hall–Kier alpha value is -1.38. The van der Waals surface area contributed by atoms with Gasteiger partial charge in [0.1, 0.15) is 11.6 Å². The number of ether oxygens (including phenoxy) is 1. The summed E-state index contributed by atoms with van der Waals surface area (Å²) in [5, 5.41) is 0. The summed E-state index contributed by atoms with van der Waals surface area (Å²) in [6, 6.07) is 4.10. The molecular weight excluding hydrogens is 195 g/mol. The van der Waals surface area contributed by atoms with E-state index in [0.717, 1.165) is 0 Å². The molecule has 0 bridgehead atoms. The number of rotatable bonds is 4. The lowest BCUT2D eigenvalue weighted by molar-refractivity contribution is 0.0987. The van der Waals surface area contributed by atoms with Crippen LogP contribution in [0.2, 0.25) is 0 Å². The van der Waals surface area contributed by atoms with Gasteiger partial charge in [-0.05, 0) is 26.0 Å². The molecule has 0 radical (unpaired) electrons. The quantitative estimate of drug-likeness (QED) is 0.713. The van der Waals surface area contributed by atoms with E-state index in [2.05, 4.69) is 0 Å². The number of halogens is 1. The van der Waals surface area contributed by atoms with Crippen molar-refractivity contribution >= 4 is 5.78 Å². The van der Waals surface area contributed by atoms with Crippen LogP contribution < -0.4 is 4.74 Å². The number of carbonyl (C=O) groups excluding carboxylic acids is 1. The van der Waals surface area contributed by atoms with E-state index in [1.807, 2.05) is 13.8 Å². The van der Waals surface area contributed by atoms with Crippen molar-refractivity contribution in [2.75, 3.05) is 0 Å². The molecule has 0 aliphatic heterocycles. The number of ketones is 1. The predicted molar refractivity (Wildman–Crippen MR) is 56.8 cm³/mol. The van der Waals surface area contributed by atoms with Crippen molar-refractivity contribution in [3.05, 3.63) is 29.6 Å². The van der Waals surface area contributed by atoms with Crippen LogP contribution >= 0.6 is 0 Å². The molecule has 1 aromatic carbocycles. The highest BCUT2D eigenvalue weighted by Gasteiger charge is 2.08. The lowest BCUT2D eigenvalue weighted by atomic mass is 10.1. The largest absolute Gasteiger partial charge is 0.491 e. The molecule has 0 spiro atoms. The van der Waals surface area contributed by atoms with E-state index in [0.29, 0.717) is 17.7 Å². The van der Waals surface area contributed by atoms with Crippen molar-refractivity contribution in [2.45, 2.75) is 33.3 Å². The fourth-order valence-electron chi connectivity index (χ4n) is 1.27. The molecule has 0 atom stereocenters. The van der Waals surface area contributed by atoms with Gasteiger partial charge in [0.25, 0.3) is 0 Å². The van der Waals surface area contributed by atoms with Crippen LogP contribution in [0.1, 0.15) is 37.6 Å². The predicted octanol–water partition coefficient (Wildman–Crippen LogP) is 3.21. The first-order chi connectivity index (χ1) is 7.02. The number of Topliss-reactive ketones (excluding diaryl/α,β-unsaturated/α-hetero) is 1. The van der Waals surface area contributed by atoms with Crippen LogP contribution in [0, 0.1) is 5.82 Å². The highest BCUT2D eigenvalue weighted by atomic mass is 19.1. The molecule has 0 aliphatic rings. The minimum atomic E-state index is -0.440. The minimum absolute atomic E-state index is 0.0311. The van der Waals surface area contributed by atoms with Gasteiger partial charge in [0.05, 0.1) is 6.10 Å². The SMILES string of the molecule is CCC(=O)c1cc(F)cc(OC(C)C)c1. The Kier molecular flexibility index (Phi) is 3.83. The van der Waals surface area contributed by atoms with Gasteiger partial charge in [0, 0.05) is 18.1 Å². The van der Waals surface area contributed by atoms with Crippen LogP contribution in [0.25, 0.3) is 0 Å². The van der Waals surface area contributed by atoms with Gasteiger partial charge in [-0.3, -0.25) is 4.79 Å². The molecule has 0 fully saturated rings. The zero-order valence-corrected chi connectivity index (χ0v) is 9.21. The summed E-state index contributed by atoms with van der Waals surface area (Å²) in [4.78, 5) is 11.4. The number of hydrogen-bond donors (Lipinski definition) is 0. The first-order valence-electron chi connectivity index (χ1n) is 5.03. The van der Waals surface area contributed by atoms with Crippen molar-refractivity contribution in [3.63, 3.8) is 0 Å². The molecular formula is C12H15FO2. The van der Waals surface area contributed by atoms with Gasteiger partial charge in [-0.2, -0.15) is 0 Å². The van der Waals surface area contributed by atoms with Crippen LogP contribution in [0.4, 0.5) is 4.39 Å². The molecule has 0 saturated carbocycles. The molecule has 0 aromatic heterocycles. The normalized spacial score (nSPS) is 10.5. The van der Waals surface area contributed by atoms with Gasteiger partial charge in [-0.15, -0.1) is 0 Å². The van der Waals surface area contributed by atoms with Gasteiger partial charge >= 0.3 is 0 Å². The summed E-state index contributed by atoms with van der Waals surface area (Å²) in [7, 11) is 0. The van der Waals surface area contributed by atoms with Gasteiger partial charge in [0.2, 0.25) is 0 Å². The van der Waals surface area contributed by atoms with Crippen LogP contribution in [0.3, 0.4) is 0 Å². The Morgan fingerprint density at radius 1 is 1.40 bits per heavy atom. The van der Waals surface area contributed by atoms with Gasteiger partial charge in [-0.25, -0.2) is 4.39 Å². The molecule has 2 nitrogen and oxygen atoms in total. The summed E-state index contributed by atoms with van der Waals surface area (Å²) in [5.74, 6) is -0.116. The van der Waals surface area contributed by atoms with Crippen molar-refractivity contribution in [1.29, 1.82) is 0 Å². The third-order valence-corrected chi connectivity index (χ3v) is 1.89. The number of carbonyl (C=O) groups is 1. The first kappa shape index (κ1) is 11.7. The van der Waals surface area contributed by atoms with E-state index in [1.165, 1.54) is 12.1 Å². The Morgan fingerprint density at radius 3 is 2.60 bits per heavy atom. The van der Waals surface area contributed by atoms with E-state index < -0.39 is 5.82 Å². The maximum absolute atomic E-state index is 13.1. The zero-order chi connectivity index (χ0) is 11.4. The third-order valence-electron chi connectivity index (χ3n) is 1.89. The van der Waals surface area contributed by atoms with Gasteiger partial charge < -0.3 is 4.74 Å². The fourth-order valence-corrected chi connectivity index (χ4v) is 1.27. The topological polar surface area (TPSA) is 26.3 Å². The van der Waals surface area contributed by atoms with Gasteiger partial charge in [-0.1, -0.05) is 6.92 Å². The molecule has 15 heavy (non-hydrogen) atoms. The van der Waals surface area contributed by atoms with E-state index in [-0.39, 0.29) is 11.9 Å². The molecule has 0 aliphatic carbocycles. The van der Waals surface area contributed by atoms with Crippen molar-refractivity contribution in [2.24, 2.45) is 0 Å². The molecule has 3 heteroatoms. The smallest absolute Gasteiger partial charge is 0.162 e. The molecule has 0 N–H and O–H groups in total. The molecule has 1 rings (SSSR count). The minimum Gasteiger partial charge on any atom is -0.491 e.